The quantitative estimate of drug-likeness (QED) is 0.0305. The molecule has 2 saturated heterocycles. The van der Waals surface area contributed by atoms with Crippen molar-refractivity contribution < 1.29 is 81.6 Å². The molecule has 12 atom stereocenters. The molecule has 2 aromatic rings. The van der Waals surface area contributed by atoms with Gasteiger partial charge in [-0.2, -0.15) is 0 Å². The summed E-state index contributed by atoms with van der Waals surface area (Å²) < 4.78 is 29.0. The van der Waals surface area contributed by atoms with Crippen LogP contribution in [0.15, 0.2) is 66.7 Å². The molecular formula is C66H97N7O17. The van der Waals surface area contributed by atoms with Crippen LogP contribution in [0, 0.1) is 29.6 Å². The molecule has 0 aromatic heterocycles. The molecule has 2 aromatic carbocycles. The molecule has 3 N–H and O–H groups in total. The van der Waals surface area contributed by atoms with E-state index in [0.29, 0.717) is 48.4 Å². The van der Waals surface area contributed by atoms with Crippen LogP contribution in [-0.2, 0) is 68.7 Å². The van der Waals surface area contributed by atoms with E-state index in [4.69, 9.17) is 28.5 Å². The molecule has 2 fully saturated rings. The number of hydrogen-bond acceptors (Lipinski definition) is 17. The van der Waals surface area contributed by atoms with Crippen LogP contribution in [0.3, 0.4) is 0 Å². The zero-order valence-electron chi connectivity index (χ0n) is 54.8. The van der Waals surface area contributed by atoms with Gasteiger partial charge in [-0.1, -0.05) is 110 Å². The Morgan fingerprint density at radius 2 is 1.44 bits per heavy atom. The highest BCUT2D eigenvalue weighted by molar-refractivity contribution is 6.02. The first-order valence-corrected chi connectivity index (χ1v) is 31.5. The fraction of sp³-hybridized carbons (Fsp3) is 0.636. The van der Waals surface area contributed by atoms with Crippen molar-refractivity contribution in [1.29, 1.82) is 0 Å². The number of nitrogens with zero attached hydrogens (tertiary/aromatic N) is 5. The molecular weight excluding hydrogens is 1160 g/mol. The monoisotopic (exact) mass is 1260 g/mol. The second-order valence-corrected chi connectivity index (χ2v) is 24.7. The van der Waals surface area contributed by atoms with E-state index >= 15 is 0 Å². The van der Waals surface area contributed by atoms with Gasteiger partial charge in [-0.15, -0.1) is 5.06 Å². The first kappa shape index (κ1) is 73.3. The fourth-order valence-electron chi connectivity index (χ4n) is 11.9. The predicted molar refractivity (Wildman–Crippen MR) is 331 cm³/mol. The number of methoxy groups -OCH3 is 2. The Kier molecular flexibility index (Phi) is 28.7. The number of carbonyl (C=O) groups is 10. The summed E-state index contributed by atoms with van der Waals surface area (Å²) >= 11 is 0. The van der Waals surface area contributed by atoms with Crippen LogP contribution in [0.25, 0.3) is 0 Å². The molecule has 0 radical (unpaired) electrons. The summed E-state index contributed by atoms with van der Waals surface area (Å²) in [6.07, 6.45) is 4.38. The average Bonchev–Trinajstić information content (AvgIpc) is 1.63. The minimum Gasteiger partial charge on any atom is -0.445 e. The minimum atomic E-state index is -1.40. The van der Waals surface area contributed by atoms with Gasteiger partial charge in [0.15, 0.2) is 0 Å². The van der Waals surface area contributed by atoms with Gasteiger partial charge in [0.25, 0.3) is 11.8 Å². The number of aliphatic hydroxyl groups excluding tert-OH is 1. The topological polar surface area (TPSA) is 287 Å². The summed E-state index contributed by atoms with van der Waals surface area (Å²) in [7, 11) is 7.41. The van der Waals surface area contributed by atoms with Crippen molar-refractivity contribution in [1.82, 2.24) is 35.3 Å². The van der Waals surface area contributed by atoms with E-state index in [-0.39, 0.29) is 49.4 Å². The number of hydroxylamine groups is 2. The van der Waals surface area contributed by atoms with E-state index in [0.717, 1.165) is 35.5 Å². The number of likely N-dealkylation sites (N-methyl/N-ethyl adjacent to an activating group) is 2. The molecule has 90 heavy (non-hydrogen) atoms. The lowest BCUT2D eigenvalue weighted by molar-refractivity contribution is -0.201. The number of carbonyl (C=O) groups excluding carboxylic acids is 10. The van der Waals surface area contributed by atoms with Crippen LogP contribution in [0.5, 0.6) is 5.75 Å². The molecule has 0 bridgehead atoms. The van der Waals surface area contributed by atoms with Crippen molar-refractivity contribution in [2.24, 2.45) is 29.6 Å². The van der Waals surface area contributed by atoms with Gasteiger partial charge >= 0.3 is 24.1 Å². The standard InChI is InChI=1S/C66H97N7O17/c1-14-42(6)58(51(85-12)37-54(76)72-34-24-31-50(72)60(86-13)43(7)61(79)67-44(8)59(78)46-26-19-18-20-27-46)70(10)63(81)56(40(2)3)68-62(80)57(41(4)5)71(11)66(84)87-39-45-25-23-30-49(35-45)88-55(77)36-47(64(82)90-73-52(74)32-33-53(73)75)38-69(9)65(83)89-48-28-21-16-15-17-22-29-48/h18-21,23,25-28,30,35,40-44,47-48,50-51,56-60,78H,14-17,22,24,29,31-34,36-39H2,1-13H3,(H,67,79)(H,68,80)/b28-21+/t42-,43+,44+,47?,48?,50-,51+,56-,57-,58-,59+,60+/m0/s1. The number of ether oxygens (including phenoxy) is 5. The number of benzene rings is 2. The van der Waals surface area contributed by atoms with Gasteiger partial charge < -0.3 is 59.0 Å². The summed E-state index contributed by atoms with van der Waals surface area (Å²) in [5.74, 6) is -8.32. The summed E-state index contributed by atoms with van der Waals surface area (Å²) in [4.78, 5) is 147. The largest absolute Gasteiger partial charge is 0.445 e. The minimum absolute atomic E-state index is 0.00662. The Morgan fingerprint density at radius 1 is 0.756 bits per heavy atom. The molecule has 8 amide bonds. The van der Waals surface area contributed by atoms with Gasteiger partial charge in [0.2, 0.25) is 23.6 Å². The highest BCUT2D eigenvalue weighted by Gasteiger charge is 2.44. The highest BCUT2D eigenvalue weighted by Crippen LogP contribution is 2.31. The Labute approximate surface area is 529 Å². The molecule has 2 aliphatic heterocycles. The van der Waals surface area contributed by atoms with E-state index in [1.165, 1.54) is 51.4 Å². The van der Waals surface area contributed by atoms with Crippen molar-refractivity contribution >= 4 is 59.6 Å². The lowest BCUT2D eigenvalue weighted by atomic mass is 9.89. The lowest BCUT2D eigenvalue weighted by Gasteiger charge is -2.41. The number of allylic oxidation sites excluding steroid dienone is 1. The number of nitrogens with one attached hydrogen (secondary N) is 2. The number of rotatable bonds is 30. The van der Waals surface area contributed by atoms with Crippen LogP contribution in [0.2, 0.25) is 0 Å². The van der Waals surface area contributed by atoms with E-state index in [9.17, 15) is 53.1 Å². The van der Waals surface area contributed by atoms with Gasteiger partial charge in [0.05, 0.1) is 61.1 Å². The van der Waals surface area contributed by atoms with Crippen LogP contribution in [0.4, 0.5) is 9.59 Å². The van der Waals surface area contributed by atoms with Crippen molar-refractivity contribution in [3.05, 3.63) is 77.9 Å². The molecule has 1 aliphatic carbocycles. The first-order valence-electron chi connectivity index (χ1n) is 31.5. The molecule has 24 heteroatoms. The van der Waals surface area contributed by atoms with Gasteiger partial charge in [-0.05, 0) is 92.5 Å². The average molecular weight is 1260 g/mol. The maximum absolute atomic E-state index is 14.8. The van der Waals surface area contributed by atoms with Crippen molar-refractivity contribution in [2.75, 3.05) is 48.5 Å². The predicted octanol–water partition coefficient (Wildman–Crippen LogP) is 7.06. The summed E-state index contributed by atoms with van der Waals surface area (Å²) in [6, 6.07) is 11.2. The SMILES string of the molecule is CC[C@H](C)[C@@H]([C@@H](CC(=O)N1CCC[C@H]1[C@H](OC)[C@@H](C)C(=O)N[C@H](C)[C@@H](O)c1ccccc1)OC)N(C)C(=O)[C@@H](NC(=O)[C@H](C(C)C)N(C)C(=O)OCc1cccc(OC(=O)CC(CN(C)C(=O)OC2/C=C/CCCCC2)C(=O)ON2C(=O)CCC2=O)c1)C(C)C. The number of likely N-dealkylation sites (tertiary alicyclic amines) is 1. The Morgan fingerprint density at radius 3 is 2.08 bits per heavy atom. The third kappa shape index (κ3) is 20.3. The highest BCUT2D eigenvalue weighted by atomic mass is 16.7. The summed E-state index contributed by atoms with van der Waals surface area (Å²) in [5.41, 5.74) is 1.04. The molecule has 24 nitrogen and oxygen atoms in total. The number of amides is 8. The van der Waals surface area contributed by atoms with Gasteiger partial charge in [-0.3, -0.25) is 38.5 Å². The Bertz CT molecular complexity index is 2780. The second kappa shape index (κ2) is 35.2. The number of imide groups is 1. The second-order valence-electron chi connectivity index (χ2n) is 24.7. The van der Waals surface area contributed by atoms with Crippen molar-refractivity contribution in [3.63, 3.8) is 0 Å². The molecule has 0 saturated carbocycles. The summed E-state index contributed by atoms with van der Waals surface area (Å²) in [6.45, 7) is 14.2. The maximum atomic E-state index is 14.8. The summed E-state index contributed by atoms with van der Waals surface area (Å²) in [5, 5.41) is 17.2. The zero-order valence-corrected chi connectivity index (χ0v) is 54.8. The number of esters is 1. The first-order chi connectivity index (χ1) is 42.7. The smallest absolute Gasteiger partial charge is 0.410 e. The normalized spacial score (nSPS) is 19.7. The van der Waals surface area contributed by atoms with E-state index in [1.54, 1.807) is 71.7 Å². The lowest BCUT2D eigenvalue weighted by Crippen LogP contribution is -2.60. The van der Waals surface area contributed by atoms with Gasteiger partial charge in [0, 0.05) is 61.3 Å². The van der Waals surface area contributed by atoms with Crippen LogP contribution in [-0.4, -0.2) is 186 Å². The third-order valence-electron chi connectivity index (χ3n) is 17.3. The number of aliphatic hydroxyl groups is 1. The van der Waals surface area contributed by atoms with Crippen molar-refractivity contribution in [2.45, 2.75) is 194 Å². The van der Waals surface area contributed by atoms with E-state index in [2.05, 4.69) is 10.6 Å². The molecule has 3 aliphatic rings. The Balaban J connectivity index is 1.21. The van der Waals surface area contributed by atoms with Crippen molar-refractivity contribution in [3.8, 4) is 5.75 Å². The molecule has 2 heterocycles. The zero-order chi connectivity index (χ0) is 66.5. The molecule has 498 valence electrons. The van der Waals surface area contributed by atoms with Crippen LogP contribution < -0.4 is 15.4 Å². The number of hydrogen-bond donors (Lipinski definition) is 3. The molecule has 2 unspecified atom stereocenters. The van der Waals surface area contributed by atoms with E-state index < -0.39 is 139 Å². The van der Waals surface area contributed by atoms with E-state index in [1.807, 2.05) is 44.2 Å². The van der Waals surface area contributed by atoms with Gasteiger partial charge in [-0.25, -0.2) is 14.4 Å². The Hall–Kier alpha value is -7.44. The third-order valence-corrected chi connectivity index (χ3v) is 17.3. The maximum Gasteiger partial charge on any atom is 0.410 e. The van der Waals surface area contributed by atoms with Gasteiger partial charge in [0.1, 0.15) is 30.5 Å². The van der Waals surface area contributed by atoms with Crippen LogP contribution in [0.1, 0.15) is 150 Å². The molecule has 0 spiro atoms. The van der Waals surface area contributed by atoms with Crippen LogP contribution >= 0.6 is 0 Å². The fourth-order valence-corrected chi connectivity index (χ4v) is 11.9. The molecule has 5 rings (SSSR count).